The van der Waals surface area contributed by atoms with E-state index in [0.29, 0.717) is 12.1 Å². The number of nitrogens with one attached hydrogen (secondary N) is 6. The van der Waals surface area contributed by atoms with E-state index in [1.54, 1.807) is 0 Å². The highest BCUT2D eigenvalue weighted by Crippen LogP contribution is 2.32. The molecule has 8 aliphatic rings. The Kier molecular flexibility index (Phi) is 97.8. The molecule has 6 N–H and O–H groups in total. The molecule has 4 aliphatic carbocycles. The van der Waals surface area contributed by atoms with Crippen molar-refractivity contribution in [3.63, 3.8) is 0 Å². The van der Waals surface area contributed by atoms with Crippen LogP contribution < -0.4 is 31.9 Å². The van der Waals surface area contributed by atoms with Gasteiger partial charge < -0.3 is 31.9 Å². The van der Waals surface area contributed by atoms with Crippen molar-refractivity contribution in [1.82, 2.24) is 31.9 Å². The molecule has 4 saturated heterocycles. The molecular weight excluding hydrogens is 1070 g/mol. The van der Waals surface area contributed by atoms with Crippen molar-refractivity contribution in [3.8, 4) is 0 Å². The molecule has 0 bridgehead atoms. The van der Waals surface area contributed by atoms with Crippen LogP contribution in [0.2, 0.25) is 0 Å². The van der Waals surface area contributed by atoms with Crippen LogP contribution in [0.5, 0.6) is 0 Å². The van der Waals surface area contributed by atoms with E-state index in [2.05, 4.69) is 143 Å². The molecule has 4 heterocycles. The van der Waals surface area contributed by atoms with Gasteiger partial charge in [-0.3, -0.25) is 0 Å². The van der Waals surface area contributed by atoms with Gasteiger partial charge in [0.15, 0.2) is 0 Å². The predicted octanol–water partition coefficient (Wildman–Crippen LogP) is 25.6. The largest absolute Gasteiger partial charge is 0.316 e. The SMILES string of the molecule is CC.CC.CC.CC.CC.CC.CC.CC.CC(C)C1CCCCC1.CC(C)C1CCCCC1.CC(C)C1CCCCC1.CC(C)C1CCCCC1.CC(C)C1CCCCN1.CC(C)C1CCCNC1.CC(C)C1CCNCN1.CC(C)C1NCCCN1. The third kappa shape index (κ3) is 67.2. The standard InChI is InChI=1S/4C9H18.2C8H17N.2C7H16N2.8C2H6/c4*1-8(2)9-6-4-3-5-7-9;1-7(2)8-4-3-5-9-6-8;1-7(2)8-5-3-4-6-9-8;1-6(2)7-3-4-8-5-9-7;1-6(2)7-8-4-3-5-9-7;8*1-2/h4*8-9H,3-7H2,1-2H3;2*7-9H,3-6H2,1-2H3;2*6-9H,3-5H2,1-2H3;8*1-2H3. The van der Waals surface area contributed by atoms with Crippen molar-refractivity contribution in [2.75, 3.05) is 45.9 Å². The molecule has 0 aromatic heterocycles. The summed E-state index contributed by atoms with van der Waals surface area (Å²) in [5, 5.41) is 20.4. The zero-order chi connectivity index (χ0) is 69.5. The van der Waals surface area contributed by atoms with Gasteiger partial charge in [-0.05, 0) is 155 Å². The molecule has 6 heteroatoms. The third-order valence-electron chi connectivity index (χ3n) is 18.5. The fourth-order valence-electron chi connectivity index (χ4n) is 12.5. The van der Waals surface area contributed by atoms with Gasteiger partial charge in [0.25, 0.3) is 0 Å². The van der Waals surface area contributed by atoms with Crippen molar-refractivity contribution in [2.24, 2.45) is 76.9 Å². The van der Waals surface area contributed by atoms with Gasteiger partial charge in [0.05, 0.1) is 6.17 Å². The molecule has 4 saturated carbocycles. The molecule has 0 radical (unpaired) electrons. The maximum Gasteiger partial charge on any atom is 0.0595 e. The minimum absolute atomic E-state index is 0.554. The lowest BCUT2D eigenvalue weighted by atomic mass is 9.82. The van der Waals surface area contributed by atoms with Crippen molar-refractivity contribution < 1.29 is 0 Å². The maximum atomic E-state index is 3.52. The van der Waals surface area contributed by atoms with Crippen molar-refractivity contribution in [1.29, 1.82) is 0 Å². The van der Waals surface area contributed by atoms with Crippen LogP contribution in [0, 0.1) is 76.9 Å². The predicted molar refractivity (Wildman–Crippen MR) is 416 cm³/mol. The van der Waals surface area contributed by atoms with E-state index in [1.165, 1.54) is 213 Å². The summed E-state index contributed by atoms with van der Waals surface area (Å²) < 4.78 is 0. The summed E-state index contributed by atoms with van der Waals surface area (Å²) in [5.41, 5.74) is 0. The van der Waals surface area contributed by atoms with Gasteiger partial charge in [0, 0.05) is 18.8 Å². The molecule has 0 spiro atoms. The van der Waals surface area contributed by atoms with Crippen molar-refractivity contribution in [2.45, 2.75) is 413 Å². The van der Waals surface area contributed by atoms with Gasteiger partial charge in [0.2, 0.25) is 0 Å². The molecule has 3 atom stereocenters. The molecule has 4 aliphatic heterocycles. The Morgan fingerprint density at radius 3 is 0.659 bits per heavy atom. The first-order chi connectivity index (χ1) is 42.4. The first-order valence-corrected chi connectivity index (χ1v) is 40.8. The lowest BCUT2D eigenvalue weighted by Gasteiger charge is -2.27. The highest BCUT2D eigenvalue weighted by Gasteiger charge is 2.20. The highest BCUT2D eigenvalue weighted by atomic mass is 15.1. The summed E-state index contributed by atoms with van der Waals surface area (Å²) in [6, 6.07) is 1.55. The van der Waals surface area contributed by atoms with Crippen LogP contribution in [0.25, 0.3) is 0 Å². The molecule has 8 rings (SSSR count). The Morgan fingerprint density at radius 1 is 0.205 bits per heavy atom. The van der Waals surface area contributed by atoms with Crippen LogP contribution in [0.4, 0.5) is 0 Å². The van der Waals surface area contributed by atoms with Crippen LogP contribution in [0.1, 0.15) is 395 Å². The van der Waals surface area contributed by atoms with E-state index < -0.39 is 0 Å². The molecule has 6 nitrogen and oxygen atoms in total. The van der Waals surface area contributed by atoms with Gasteiger partial charge in [0.1, 0.15) is 0 Å². The van der Waals surface area contributed by atoms with Crippen LogP contribution in [0.15, 0.2) is 0 Å². The van der Waals surface area contributed by atoms with Crippen LogP contribution in [-0.2, 0) is 0 Å². The van der Waals surface area contributed by atoms with Gasteiger partial charge >= 0.3 is 0 Å². The lowest BCUT2D eigenvalue weighted by molar-refractivity contribution is 0.279. The molecule has 88 heavy (non-hydrogen) atoms. The Morgan fingerprint density at radius 2 is 0.489 bits per heavy atom. The first kappa shape index (κ1) is 104. The number of hydrogen-bond acceptors (Lipinski definition) is 6. The van der Waals surface area contributed by atoms with E-state index in [4.69, 9.17) is 0 Å². The average Bonchev–Trinajstić information content (AvgIpc) is 3.61. The number of piperidine rings is 2. The Hall–Kier alpha value is -0.240. The lowest BCUT2D eigenvalue weighted by Crippen LogP contribution is -2.51. The Labute approximate surface area is 565 Å². The summed E-state index contributed by atoms with van der Waals surface area (Å²) in [7, 11) is 0. The Balaban J connectivity index is -0.000000134. The summed E-state index contributed by atoms with van der Waals surface area (Å²) >= 11 is 0. The van der Waals surface area contributed by atoms with E-state index in [9.17, 15) is 0 Å². The third-order valence-corrected chi connectivity index (χ3v) is 18.5. The summed E-state index contributed by atoms with van der Waals surface area (Å²) in [4.78, 5) is 0. The van der Waals surface area contributed by atoms with Gasteiger partial charge in [-0.2, -0.15) is 0 Å². The van der Waals surface area contributed by atoms with Crippen molar-refractivity contribution in [3.05, 3.63) is 0 Å². The van der Waals surface area contributed by atoms with Crippen molar-refractivity contribution >= 4 is 0 Å². The molecule has 8 fully saturated rings. The molecule has 544 valence electrons. The fraction of sp³-hybridized carbons (Fsp3) is 1.00. The normalized spacial score (nSPS) is 21.2. The molecule has 3 unspecified atom stereocenters. The van der Waals surface area contributed by atoms with E-state index >= 15 is 0 Å². The van der Waals surface area contributed by atoms with Gasteiger partial charge in [-0.25, -0.2) is 0 Å². The monoisotopic (exact) mass is 1260 g/mol. The molecule has 0 amide bonds. The van der Waals surface area contributed by atoms with Crippen LogP contribution >= 0.6 is 0 Å². The van der Waals surface area contributed by atoms with E-state index in [1.807, 2.05) is 111 Å². The van der Waals surface area contributed by atoms with Gasteiger partial charge in [-0.1, -0.05) is 356 Å². The number of hydrogen-bond donors (Lipinski definition) is 6. The Bertz CT molecular complexity index is 840. The summed E-state index contributed by atoms with van der Waals surface area (Å²) in [5.74, 6) is 12.1. The zero-order valence-electron chi connectivity index (χ0n) is 68.3. The second-order valence-electron chi connectivity index (χ2n) is 27.2. The number of rotatable bonds is 8. The van der Waals surface area contributed by atoms with Gasteiger partial charge in [-0.15, -0.1) is 0 Å². The molecule has 0 aromatic carbocycles. The average molecular weight is 1260 g/mol. The zero-order valence-corrected chi connectivity index (χ0v) is 68.3. The van der Waals surface area contributed by atoms with E-state index in [-0.39, 0.29) is 0 Å². The highest BCUT2D eigenvalue weighted by molar-refractivity contribution is 4.77. The fourth-order valence-corrected chi connectivity index (χ4v) is 12.5. The molecule has 0 aromatic rings. The van der Waals surface area contributed by atoms with Crippen LogP contribution in [-0.4, -0.2) is 64.2 Å². The smallest absolute Gasteiger partial charge is 0.0595 e. The van der Waals surface area contributed by atoms with E-state index in [0.717, 1.165) is 89.8 Å². The topological polar surface area (TPSA) is 72.2 Å². The maximum absolute atomic E-state index is 3.52. The molecular formula is C82H186N6. The second kappa shape index (κ2) is 82.9. The summed E-state index contributed by atoms with van der Waals surface area (Å²) in [6.07, 6.45) is 40.0. The first-order valence-electron chi connectivity index (χ1n) is 40.8. The second-order valence-corrected chi connectivity index (χ2v) is 27.2. The summed E-state index contributed by atoms with van der Waals surface area (Å²) in [6.45, 7) is 77.3. The quantitative estimate of drug-likeness (QED) is 0.146. The minimum atomic E-state index is 0.554. The van der Waals surface area contributed by atoms with Crippen LogP contribution in [0.3, 0.4) is 0 Å². The minimum Gasteiger partial charge on any atom is -0.316 e.